The van der Waals surface area contributed by atoms with Gasteiger partial charge in [-0.1, -0.05) is 48.6 Å². The van der Waals surface area contributed by atoms with Crippen molar-refractivity contribution < 1.29 is 0 Å². The Kier molecular flexibility index (Phi) is 7.66. The molecule has 0 radical (unpaired) electrons. The van der Waals surface area contributed by atoms with Crippen molar-refractivity contribution in [3.8, 4) is 0 Å². The first-order chi connectivity index (χ1) is 21.9. The van der Waals surface area contributed by atoms with Gasteiger partial charge in [0.05, 0.1) is 11.0 Å². The molecule has 1 unspecified atom stereocenters. The van der Waals surface area contributed by atoms with Crippen LogP contribution in [0.4, 0.5) is 28.4 Å². The summed E-state index contributed by atoms with van der Waals surface area (Å²) >= 11 is 0. The molecular formula is C40H37N5. The zero-order valence-corrected chi connectivity index (χ0v) is 25.2. The number of aromatic nitrogens is 1. The molecule has 0 fully saturated rings. The van der Waals surface area contributed by atoms with Crippen molar-refractivity contribution in [2.24, 2.45) is 5.92 Å². The smallest absolute Gasteiger partial charge is 0.0711 e. The van der Waals surface area contributed by atoms with E-state index < -0.39 is 0 Å². The molecule has 0 aliphatic heterocycles. The van der Waals surface area contributed by atoms with Gasteiger partial charge < -0.3 is 22.5 Å². The summed E-state index contributed by atoms with van der Waals surface area (Å²) in [5.74, 6) is 0.474. The molecule has 5 heteroatoms. The molecular weight excluding hydrogens is 550 g/mol. The van der Waals surface area contributed by atoms with E-state index >= 15 is 0 Å². The van der Waals surface area contributed by atoms with E-state index in [1.807, 2.05) is 42.5 Å². The molecule has 222 valence electrons. The lowest BCUT2D eigenvalue weighted by Gasteiger charge is -2.18. The highest BCUT2D eigenvalue weighted by molar-refractivity contribution is 5.94. The van der Waals surface area contributed by atoms with Crippen LogP contribution in [0, 0.1) is 5.92 Å². The first-order valence-corrected chi connectivity index (χ1v) is 15.5. The van der Waals surface area contributed by atoms with Gasteiger partial charge in [0, 0.05) is 39.2 Å². The molecule has 5 nitrogen and oxygen atoms in total. The molecule has 7 rings (SSSR count). The fourth-order valence-corrected chi connectivity index (χ4v) is 6.15. The van der Waals surface area contributed by atoms with E-state index in [4.69, 9.17) is 22.2 Å². The number of nitrogens with one attached hydrogen (secondary N) is 1. The van der Waals surface area contributed by atoms with Gasteiger partial charge in [0.1, 0.15) is 0 Å². The maximum Gasteiger partial charge on any atom is 0.0711 e. The van der Waals surface area contributed by atoms with Crippen molar-refractivity contribution in [3.05, 3.63) is 155 Å². The number of nitrogens with two attached hydrogens (primary N) is 3. The molecule has 0 spiro atoms. The zero-order valence-electron chi connectivity index (χ0n) is 25.2. The summed E-state index contributed by atoms with van der Waals surface area (Å²) < 4.78 is 0. The van der Waals surface area contributed by atoms with Crippen molar-refractivity contribution in [2.75, 3.05) is 22.5 Å². The van der Waals surface area contributed by atoms with Gasteiger partial charge >= 0.3 is 0 Å². The number of pyridine rings is 1. The van der Waals surface area contributed by atoms with Crippen LogP contribution in [0.5, 0.6) is 0 Å². The quantitative estimate of drug-likeness (QED) is 0.105. The molecule has 0 bridgehead atoms. The van der Waals surface area contributed by atoms with E-state index in [-0.39, 0.29) is 0 Å². The number of fused-ring (bicyclic) bond motifs is 2. The van der Waals surface area contributed by atoms with Crippen LogP contribution in [-0.2, 0) is 19.3 Å². The van der Waals surface area contributed by atoms with Crippen molar-refractivity contribution >= 4 is 50.2 Å². The summed E-state index contributed by atoms with van der Waals surface area (Å²) in [6.45, 7) is 0. The second-order valence-electron chi connectivity index (χ2n) is 12.1. The topological polar surface area (TPSA) is 103 Å². The first-order valence-electron chi connectivity index (χ1n) is 15.5. The number of allylic oxidation sites excluding steroid dienone is 4. The maximum atomic E-state index is 6.42. The molecule has 1 atom stereocenters. The average Bonchev–Trinajstić information content (AvgIpc) is 3.04. The Morgan fingerprint density at radius 1 is 0.622 bits per heavy atom. The molecule has 5 aromatic carbocycles. The van der Waals surface area contributed by atoms with E-state index in [2.05, 4.69) is 90.3 Å². The van der Waals surface area contributed by atoms with Crippen LogP contribution >= 0.6 is 0 Å². The first kappa shape index (κ1) is 28.2. The summed E-state index contributed by atoms with van der Waals surface area (Å²) in [5.41, 5.74) is 31.0. The Labute approximate surface area is 264 Å². The van der Waals surface area contributed by atoms with Crippen molar-refractivity contribution in [1.82, 2.24) is 4.98 Å². The number of benzene rings is 5. The Hall–Kier alpha value is -5.55. The number of anilines is 5. The zero-order chi connectivity index (χ0) is 30.8. The largest absolute Gasteiger partial charge is 0.399 e. The molecule has 1 aromatic heterocycles. The molecule has 0 amide bonds. The lowest BCUT2D eigenvalue weighted by atomic mass is 9.88. The Morgan fingerprint density at radius 3 is 2.04 bits per heavy atom. The number of nitrogens with zero attached hydrogens (tertiary/aromatic N) is 1. The number of rotatable bonds is 8. The highest BCUT2D eigenvalue weighted by Gasteiger charge is 2.13. The van der Waals surface area contributed by atoms with Gasteiger partial charge in [-0.05, 0) is 138 Å². The van der Waals surface area contributed by atoms with Crippen LogP contribution in [0.2, 0.25) is 0 Å². The minimum Gasteiger partial charge on any atom is -0.399 e. The van der Waals surface area contributed by atoms with Crippen LogP contribution in [0.1, 0.15) is 28.7 Å². The van der Waals surface area contributed by atoms with Crippen molar-refractivity contribution in [1.29, 1.82) is 0 Å². The fraction of sp³-hybridized carbons (Fsp3) is 0.125. The molecule has 7 N–H and O–H groups in total. The normalized spacial score (nSPS) is 14.5. The van der Waals surface area contributed by atoms with Crippen molar-refractivity contribution in [3.63, 3.8) is 0 Å². The van der Waals surface area contributed by atoms with Crippen molar-refractivity contribution in [2.45, 2.75) is 25.7 Å². The summed E-state index contributed by atoms with van der Waals surface area (Å²) in [6.07, 6.45) is 10.8. The SMILES string of the molecule is Nc1ccc(Nc2ccc(Cc3cc(CC4C=CC(Cc5ccc6nc7ccc(N)cc7cc6c5)=CC4)ccc3N)cc2)cc1. The summed E-state index contributed by atoms with van der Waals surface area (Å²) in [5, 5.41) is 5.64. The van der Waals surface area contributed by atoms with Crippen LogP contribution in [0.25, 0.3) is 21.8 Å². The van der Waals surface area contributed by atoms with Gasteiger partial charge in [-0.2, -0.15) is 0 Å². The van der Waals surface area contributed by atoms with Gasteiger partial charge in [-0.15, -0.1) is 0 Å². The van der Waals surface area contributed by atoms with Gasteiger partial charge in [0.15, 0.2) is 0 Å². The monoisotopic (exact) mass is 587 g/mol. The predicted octanol–water partition coefficient (Wildman–Crippen LogP) is 8.76. The van der Waals surface area contributed by atoms with Gasteiger partial charge in [-0.25, -0.2) is 4.98 Å². The number of nitrogen functional groups attached to an aromatic ring is 3. The van der Waals surface area contributed by atoms with E-state index in [0.717, 1.165) is 75.9 Å². The van der Waals surface area contributed by atoms with E-state index in [1.54, 1.807) is 0 Å². The lowest BCUT2D eigenvalue weighted by Crippen LogP contribution is -2.06. The van der Waals surface area contributed by atoms with E-state index in [0.29, 0.717) is 5.92 Å². The molecule has 1 aliphatic rings. The van der Waals surface area contributed by atoms with Crippen LogP contribution < -0.4 is 22.5 Å². The summed E-state index contributed by atoms with van der Waals surface area (Å²) in [4.78, 5) is 4.81. The lowest BCUT2D eigenvalue weighted by molar-refractivity contribution is 0.647. The van der Waals surface area contributed by atoms with Gasteiger partial charge in [0.25, 0.3) is 0 Å². The highest BCUT2D eigenvalue weighted by Crippen LogP contribution is 2.28. The predicted molar refractivity (Wildman–Crippen MR) is 191 cm³/mol. The fourth-order valence-electron chi connectivity index (χ4n) is 6.15. The molecule has 45 heavy (non-hydrogen) atoms. The summed E-state index contributed by atoms with van der Waals surface area (Å²) in [6, 6.07) is 37.4. The third kappa shape index (κ3) is 6.68. The van der Waals surface area contributed by atoms with E-state index in [9.17, 15) is 0 Å². The Bertz CT molecular complexity index is 2060. The minimum atomic E-state index is 0.474. The number of hydrogen-bond acceptors (Lipinski definition) is 5. The van der Waals surface area contributed by atoms with Crippen LogP contribution in [0.15, 0.2) is 133 Å². The standard InChI is InChI=1S/C40H37N5/c41-34-9-14-37(15-10-34)44-36-12-5-28(6-13-36)21-31-22-29(7-16-38(31)43)19-26-1-3-27(4-2-26)20-30-8-17-39-32(23-30)24-33-25-35(42)11-18-40(33)45-39/h1,3-18,22-26,44H,2,19-21,41-43H2. The van der Waals surface area contributed by atoms with Crippen LogP contribution in [-0.4, -0.2) is 4.98 Å². The third-order valence-electron chi connectivity index (χ3n) is 8.62. The average molecular weight is 588 g/mol. The second-order valence-corrected chi connectivity index (χ2v) is 12.1. The highest BCUT2D eigenvalue weighted by atomic mass is 14.9. The van der Waals surface area contributed by atoms with Gasteiger partial charge in [-0.3, -0.25) is 0 Å². The summed E-state index contributed by atoms with van der Waals surface area (Å²) in [7, 11) is 0. The molecule has 0 saturated heterocycles. The molecule has 6 aromatic rings. The Balaban J connectivity index is 0.969. The minimum absolute atomic E-state index is 0.474. The molecule has 1 heterocycles. The second kappa shape index (κ2) is 12.2. The van der Waals surface area contributed by atoms with E-state index in [1.165, 1.54) is 27.8 Å². The molecule has 1 aliphatic carbocycles. The maximum absolute atomic E-state index is 6.42. The van der Waals surface area contributed by atoms with Gasteiger partial charge in [0.2, 0.25) is 0 Å². The van der Waals surface area contributed by atoms with Crippen LogP contribution in [0.3, 0.4) is 0 Å². The Morgan fingerprint density at radius 2 is 1.29 bits per heavy atom. The molecule has 0 saturated carbocycles. The number of hydrogen-bond donors (Lipinski definition) is 4. The third-order valence-corrected chi connectivity index (χ3v) is 8.62.